The smallest absolute Gasteiger partial charge is 0.405 e. The van der Waals surface area contributed by atoms with Gasteiger partial charge in [-0.05, 0) is 102 Å². The van der Waals surface area contributed by atoms with Gasteiger partial charge in [-0.2, -0.15) is 18.7 Å². The fourth-order valence-electron chi connectivity index (χ4n) is 8.78. The van der Waals surface area contributed by atoms with Crippen molar-refractivity contribution in [2.75, 3.05) is 44.9 Å². The monoisotopic (exact) mass is 1740 g/mol. The van der Waals surface area contributed by atoms with Crippen LogP contribution in [0.4, 0.5) is 22.7 Å². The zero-order chi connectivity index (χ0) is 49.7. The van der Waals surface area contributed by atoms with Crippen LogP contribution >= 0.6 is 120 Å². The summed E-state index contributed by atoms with van der Waals surface area (Å²) >= 11 is 12.7. The largest absolute Gasteiger partial charge is 1.00 e. The van der Waals surface area contributed by atoms with Crippen LogP contribution in [0.3, 0.4) is 0 Å². The van der Waals surface area contributed by atoms with Crippen molar-refractivity contribution >= 4 is 142 Å². The summed E-state index contributed by atoms with van der Waals surface area (Å²) in [6, 6.07) is 38.7. The number of benzene rings is 4. The van der Waals surface area contributed by atoms with Crippen molar-refractivity contribution in [2.24, 2.45) is 0 Å². The molecule has 0 aromatic heterocycles. The molecule has 4 aromatic carbocycles. The molecule has 0 saturated heterocycles. The average Bonchev–Trinajstić information content (AvgIpc) is 3.36. The molecule has 0 heterocycles. The zero-order valence-electron chi connectivity index (χ0n) is 43.1. The van der Waals surface area contributed by atoms with Crippen LogP contribution in [0.5, 0.6) is 0 Å². The summed E-state index contributed by atoms with van der Waals surface area (Å²) in [5.41, 5.74) is 10.7. The maximum absolute atomic E-state index is 3.00. The molecule has 4 nitrogen and oxygen atoms in total. The first-order valence-corrected chi connectivity index (χ1v) is 46.0. The van der Waals surface area contributed by atoms with Crippen LogP contribution in [0.1, 0.15) is 178 Å². The second-order valence-electron chi connectivity index (χ2n) is 18.0. The molecule has 4 aromatic rings. The normalized spacial score (nSPS) is 10.6. The molecule has 386 valence electrons. The van der Waals surface area contributed by atoms with Crippen LogP contribution in [0, 0.1) is 27.7 Å². The Bertz CT molecular complexity index is 1470. The van der Waals surface area contributed by atoms with Gasteiger partial charge in [0.25, 0.3) is 0 Å². The third-order valence-corrected chi connectivity index (χ3v) is 16.8. The summed E-state index contributed by atoms with van der Waals surface area (Å²) in [7, 11) is -2.77. The highest BCUT2D eigenvalue weighted by atomic mass is 128. The van der Waals surface area contributed by atoms with E-state index >= 15 is 0 Å². The Balaban J connectivity index is 0.00000616. The Morgan fingerprint density at radius 3 is 0.603 bits per heavy atom. The Morgan fingerprint density at radius 1 is 0.279 bits per heavy atom. The van der Waals surface area contributed by atoms with Crippen LogP contribution in [-0.4, -0.2) is 26.2 Å². The summed E-state index contributed by atoms with van der Waals surface area (Å²) in [4.78, 5) is 0. The highest BCUT2D eigenvalue weighted by molar-refractivity contribution is 15.0. The minimum absolute atomic E-state index is 0. The van der Waals surface area contributed by atoms with Gasteiger partial charge in [0.15, 0.2) is 0 Å². The Labute approximate surface area is 506 Å². The number of anilines is 4. The Morgan fingerprint density at radius 2 is 0.441 bits per heavy atom. The lowest BCUT2D eigenvalue weighted by Gasteiger charge is -2.53. The van der Waals surface area contributed by atoms with Crippen molar-refractivity contribution < 1.29 is 24.0 Å². The van der Waals surface area contributed by atoms with Crippen molar-refractivity contribution in [1.29, 1.82) is 0 Å². The molecule has 0 spiro atoms. The summed E-state index contributed by atoms with van der Waals surface area (Å²) in [5, 5.41) is 0. The number of hydrogen-bond acceptors (Lipinski definition) is 4. The minimum Gasteiger partial charge on any atom is -1.00 e. The molecule has 12 heteroatoms. The van der Waals surface area contributed by atoms with E-state index in [1.807, 2.05) is 0 Å². The van der Waals surface area contributed by atoms with E-state index in [9.17, 15) is 0 Å². The molecular formula is C56H88I7N4P. The molecule has 0 bridgehead atoms. The van der Waals surface area contributed by atoms with Gasteiger partial charge in [-0.25, -0.2) is 0 Å². The predicted octanol–water partition coefficient (Wildman–Crippen LogP) is 20.1. The topological polar surface area (TPSA) is 13.0 Å². The molecule has 0 amide bonds. The molecule has 0 aliphatic rings. The van der Waals surface area contributed by atoms with Crippen molar-refractivity contribution in [3.63, 3.8) is 0 Å². The fourth-order valence-corrected chi connectivity index (χ4v) is 13.8. The van der Waals surface area contributed by atoms with Gasteiger partial charge in [0.2, 0.25) is 0 Å². The van der Waals surface area contributed by atoms with E-state index in [1.54, 1.807) is 0 Å². The zero-order valence-corrected chi connectivity index (χ0v) is 59.1. The first-order chi connectivity index (χ1) is 32.8. The van der Waals surface area contributed by atoms with Crippen LogP contribution in [-0.2, 0) is 0 Å². The van der Waals surface area contributed by atoms with E-state index in [4.69, 9.17) is 0 Å². The number of nitrogens with zero attached hydrogens (tertiary/aromatic N) is 4. The van der Waals surface area contributed by atoms with Gasteiger partial charge >= 0.3 is 7.87 Å². The van der Waals surface area contributed by atoms with Crippen LogP contribution in [0.2, 0.25) is 0 Å². The number of hydrogen-bond donors (Lipinski definition) is 0. The molecule has 0 N–H and O–H groups in total. The average molecular weight is 1740 g/mol. The molecule has 0 saturated carbocycles. The van der Waals surface area contributed by atoms with E-state index < -0.39 is 7.87 Å². The summed E-state index contributed by atoms with van der Waals surface area (Å²) in [6.07, 6.45) is 25.1. The molecule has 68 heavy (non-hydrogen) atoms. The van der Waals surface area contributed by atoms with Gasteiger partial charge in [0.05, 0.1) is 48.9 Å². The lowest BCUT2D eigenvalue weighted by atomic mass is 10.1. The maximum atomic E-state index is 3.00. The molecule has 0 fully saturated rings. The Hall–Kier alpha value is 1.62. The van der Waals surface area contributed by atoms with Gasteiger partial charge in [-0.1, -0.05) is 201 Å². The molecule has 0 aliphatic heterocycles. The highest BCUT2D eigenvalue weighted by Gasteiger charge is 2.63. The predicted molar refractivity (Wildman–Crippen MR) is 360 cm³/mol. The van der Waals surface area contributed by atoms with E-state index in [2.05, 4.69) is 283 Å². The fraction of sp³-hybridized carbons (Fsp3) is 0.571. The van der Waals surface area contributed by atoms with E-state index in [0.29, 0.717) is 0 Å². The number of halogens is 7. The molecule has 0 aliphatic carbocycles. The maximum Gasteiger partial charge on any atom is 0.405 e. The summed E-state index contributed by atoms with van der Waals surface area (Å²) < 4.78 is 12.0. The van der Waals surface area contributed by atoms with Crippen molar-refractivity contribution in [3.8, 4) is 0 Å². The molecule has 4 rings (SSSR count). The van der Waals surface area contributed by atoms with Crippen molar-refractivity contribution in [2.45, 2.75) is 184 Å². The third kappa shape index (κ3) is 25.0. The van der Waals surface area contributed by atoms with Gasteiger partial charge in [-0.15, -0.1) is 0 Å². The first kappa shape index (κ1) is 69.6. The number of aryl methyl sites for hydroxylation is 4. The molecule has 0 unspecified atom stereocenters. The van der Waals surface area contributed by atoms with Gasteiger partial charge in [0.1, 0.15) is 0 Å². The third-order valence-electron chi connectivity index (χ3n) is 12.5. The second kappa shape index (κ2) is 44.9. The number of rotatable bonds is 32. The van der Waals surface area contributed by atoms with E-state index in [1.165, 1.54) is 173 Å². The summed E-state index contributed by atoms with van der Waals surface area (Å²) in [6.45, 7) is 22.4. The van der Waals surface area contributed by atoms with Gasteiger partial charge < -0.3 is 24.0 Å². The van der Waals surface area contributed by atoms with Gasteiger partial charge in [-0.3, -0.25) is 0 Å². The van der Waals surface area contributed by atoms with Gasteiger partial charge in [0, 0.05) is 112 Å². The van der Waals surface area contributed by atoms with Crippen molar-refractivity contribution in [1.82, 2.24) is 0 Å². The summed E-state index contributed by atoms with van der Waals surface area (Å²) in [5.74, 6) is 0. The highest BCUT2D eigenvalue weighted by Crippen LogP contribution is 2.74. The van der Waals surface area contributed by atoms with Crippen LogP contribution in [0.25, 0.3) is 0 Å². The lowest BCUT2D eigenvalue weighted by molar-refractivity contribution is -0.0000134. The van der Waals surface area contributed by atoms with E-state index in [-0.39, 0.29) is 24.0 Å². The van der Waals surface area contributed by atoms with Crippen LogP contribution < -0.4 is 42.7 Å². The lowest BCUT2D eigenvalue weighted by Crippen LogP contribution is -3.00. The Kier molecular flexibility index (Phi) is 45.9. The standard InChI is InChI=1S/C56H88N4P.3I2.HI/c1-9-13-17-21-25-45-57(53-37-29-49(5)30-38-53)61(58(46-26-22-18-14-10-2)54-39-31-50(6)32-40-54,59(47-27-23-19-15-11-3)55-41-33-51(7)34-42-55)60(48-28-24-20-16-12-4)56-43-35-52(8)36-44-56;3*1-2;/h29-44H,9-28,45-48H2,1-8H3;;;;1H/q+1;;;;/p-1. The molecule has 0 atom stereocenters. The van der Waals surface area contributed by atoms with Crippen LogP contribution in [0.15, 0.2) is 97.1 Å². The number of unbranched alkanes of at least 4 members (excludes halogenated alkanes) is 16. The van der Waals surface area contributed by atoms with E-state index in [0.717, 1.165) is 26.2 Å². The second-order valence-corrected chi connectivity index (χ2v) is 21.0. The first-order valence-electron chi connectivity index (χ1n) is 25.5. The molecular weight excluding hydrogens is 1650 g/mol. The SMILES string of the molecule is CCCCCCCN(c1ccc(C)cc1)[P+](N(CCCCCCC)c1ccc(C)cc1)(N(CCCCCCC)c1ccc(C)cc1)N(CCCCCCC)c1ccc(C)cc1.II.II.II.[I-]. The molecule has 0 radical (unpaired) electrons. The van der Waals surface area contributed by atoms with Crippen molar-refractivity contribution in [3.05, 3.63) is 119 Å². The quantitative estimate of drug-likeness (QED) is 0.0274. The minimum atomic E-state index is -2.77.